The second-order valence-electron chi connectivity index (χ2n) is 7.92. The Balaban J connectivity index is 1.20. The van der Waals surface area contributed by atoms with Crippen molar-refractivity contribution in [2.24, 2.45) is 0 Å². The molecule has 0 unspecified atom stereocenters. The van der Waals surface area contributed by atoms with Crippen LogP contribution in [0.15, 0.2) is 65.3 Å². The summed E-state index contributed by atoms with van der Waals surface area (Å²) in [4.78, 5) is 21.5. The first kappa shape index (κ1) is 22.0. The molecule has 1 saturated heterocycles. The topological polar surface area (TPSA) is 70.8 Å². The van der Waals surface area contributed by atoms with Gasteiger partial charge in [0.25, 0.3) is 5.91 Å². The van der Waals surface area contributed by atoms with Crippen molar-refractivity contribution in [2.45, 2.75) is 26.6 Å². The molecule has 1 aromatic heterocycles. The smallest absolute Gasteiger partial charge is 0.273 e. The Hall–Kier alpha value is -3.16. The van der Waals surface area contributed by atoms with Crippen LogP contribution in [0, 0.1) is 0 Å². The standard InChI is InChI=1S/C25H30N4O3/c1-2-31-22-10-8-21(9-11-22)17-28-12-14-29(15-13-28)18-24-27-23(19-32-24)25(30)26-16-20-6-4-3-5-7-20/h3-11,19H,2,12-18H2,1H3,(H,26,30). The van der Waals surface area contributed by atoms with Crippen LogP contribution in [0.5, 0.6) is 5.75 Å². The number of carbonyl (C=O) groups is 1. The van der Waals surface area contributed by atoms with Crippen LogP contribution < -0.4 is 10.1 Å². The van der Waals surface area contributed by atoms with Gasteiger partial charge in [0.1, 0.15) is 12.0 Å². The van der Waals surface area contributed by atoms with Gasteiger partial charge in [-0.25, -0.2) is 4.98 Å². The first-order valence-corrected chi connectivity index (χ1v) is 11.1. The van der Waals surface area contributed by atoms with E-state index in [0.717, 1.165) is 44.0 Å². The van der Waals surface area contributed by atoms with Gasteiger partial charge in [-0.05, 0) is 30.2 Å². The first-order chi connectivity index (χ1) is 15.7. The monoisotopic (exact) mass is 434 g/mol. The number of piperazine rings is 1. The summed E-state index contributed by atoms with van der Waals surface area (Å²) in [6.07, 6.45) is 1.44. The Morgan fingerprint density at radius 2 is 1.66 bits per heavy atom. The molecule has 7 heteroatoms. The maximum absolute atomic E-state index is 12.3. The van der Waals surface area contributed by atoms with Crippen LogP contribution in [0.2, 0.25) is 0 Å². The van der Waals surface area contributed by atoms with Crippen molar-refractivity contribution < 1.29 is 13.9 Å². The maximum atomic E-state index is 12.3. The predicted octanol–water partition coefficient (Wildman–Crippen LogP) is 3.32. The van der Waals surface area contributed by atoms with Gasteiger partial charge in [-0.15, -0.1) is 0 Å². The lowest BCUT2D eigenvalue weighted by molar-refractivity contribution is 0.0945. The van der Waals surface area contributed by atoms with E-state index in [1.54, 1.807) is 0 Å². The summed E-state index contributed by atoms with van der Waals surface area (Å²) in [6, 6.07) is 18.1. The normalized spacial score (nSPS) is 14.9. The summed E-state index contributed by atoms with van der Waals surface area (Å²) >= 11 is 0. The van der Waals surface area contributed by atoms with E-state index in [-0.39, 0.29) is 5.91 Å². The molecule has 0 saturated carbocycles. The van der Waals surface area contributed by atoms with Crippen LogP contribution in [-0.4, -0.2) is 53.5 Å². The highest BCUT2D eigenvalue weighted by Gasteiger charge is 2.20. The van der Waals surface area contributed by atoms with Crippen LogP contribution in [0.25, 0.3) is 0 Å². The van der Waals surface area contributed by atoms with Gasteiger partial charge < -0.3 is 14.5 Å². The minimum absolute atomic E-state index is 0.218. The van der Waals surface area contributed by atoms with E-state index in [0.29, 0.717) is 31.3 Å². The summed E-state index contributed by atoms with van der Waals surface area (Å²) in [5, 5.41) is 2.88. The third-order valence-electron chi connectivity index (χ3n) is 5.54. The fourth-order valence-electron chi connectivity index (χ4n) is 3.77. The number of hydrogen-bond donors (Lipinski definition) is 1. The summed E-state index contributed by atoms with van der Waals surface area (Å²) in [6.45, 7) is 8.55. The molecule has 1 fully saturated rings. The number of carbonyl (C=O) groups excluding carboxylic acids is 1. The van der Waals surface area contributed by atoms with Gasteiger partial charge in [-0.1, -0.05) is 42.5 Å². The molecule has 1 amide bonds. The summed E-state index contributed by atoms with van der Waals surface area (Å²) < 4.78 is 11.1. The zero-order chi connectivity index (χ0) is 22.2. The number of nitrogens with zero attached hydrogens (tertiary/aromatic N) is 3. The zero-order valence-corrected chi connectivity index (χ0v) is 18.5. The predicted molar refractivity (Wildman–Crippen MR) is 122 cm³/mol. The highest BCUT2D eigenvalue weighted by molar-refractivity contribution is 5.91. The molecule has 7 nitrogen and oxygen atoms in total. The van der Waals surface area contributed by atoms with E-state index in [2.05, 4.69) is 32.2 Å². The van der Waals surface area contributed by atoms with Crippen molar-refractivity contribution in [3.8, 4) is 5.75 Å². The largest absolute Gasteiger partial charge is 0.494 e. The van der Waals surface area contributed by atoms with Gasteiger partial charge in [-0.2, -0.15) is 0 Å². The van der Waals surface area contributed by atoms with Gasteiger partial charge in [0.2, 0.25) is 5.89 Å². The number of nitrogens with one attached hydrogen (secondary N) is 1. The lowest BCUT2D eigenvalue weighted by Crippen LogP contribution is -2.45. The van der Waals surface area contributed by atoms with Gasteiger partial charge in [0, 0.05) is 39.3 Å². The quantitative estimate of drug-likeness (QED) is 0.557. The molecule has 0 radical (unpaired) electrons. The molecule has 168 valence electrons. The lowest BCUT2D eigenvalue weighted by Gasteiger charge is -2.34. The Morgan fingerprint density at radius 1 is 0.969 bits per heavy atom. The number of ether oxygens (including phenoxy) is 1. The second-order valence-corrected chi connectivity index (χ2v) is 7.92. The number of hydrogen-bond acceptors (Lipinski definition) is 6. The molecular formula is C25H30N4O3. The van der Waals surface area contributed by atoms with Crippen molar-refractivity contribution in [2.75, 3.05) is 32.8 Å². The highest BCUT2D eigenvalue weighted by Crippen LogP contribution is 2.15. The zero-order valence-electron chi connectivity index (χ0n) is 18.5. The van der Waals surface area contributed by atoms with Crippen LogP contribution >= 0.6 is 0 Å². The molecule has 1 aliphatic rings. The molecule has 0 bridgehead atoms. The molecule has 0 atom stereocenters. The third-order valence-corrected chi connectivity index (χ3v) is 5.54. The average molecular weight is 435 g/mol. The summed E-state index contributed by atoms with van der Waals surface area (Å²) in [7, 11) is 0. The lowest BCUT2D eigenvalue weighted by atomic mass is 10.2. The number of oxazole rings is 1. The van der Waals surface area contributed by atoms with E-state index < -0.39 is 0 Å². The molecule has 0 spiro atoms. The van der Waals surface area contributed by atoms with E-state index in [4.69, 9.17) is 9.15 Å². The molecule has 0 aliphatic carbocycles. The Bertz CT molecular complexity index is 980. The van der Waals surface area contributed by atoms with Gasteiger partial charge >= 0.3 is 0 Å². The first-order valence-electron chi connectivity index (χ1n) is 11.1. The van der Waals surface area contributed by atoms with Gasteiger partial charge in [-0.3, -0.25) is 14.6 Å². The van der Waals surface area contributed by atoms with E-state index >= 15 is 0 Å². The van der Waals surface area contributed by atoms with E-state index in [1.807, 2.05) is 49.4 Å². The van der Waals surface area contributed by atoms with Crippen molar-refractivity contribution in [1.82, 2.24) is 20.1 Å². The number of benzene rings is 2. The van der Waals surface area contributed by atoms with Crippen molar-refractivity contribution in [1.29, 1.82) is 0 Å². The van der Waals surface area contributed by atoms with E-state index in [9.17, 15) is 4.79 Å². The Morgan fingerprint density at radius 3 is 2.34 bits per heavy atom. The molecule has 2 aromatic carbocycles. The fourth-order valence-corrected chi connectivity index (χ4v) is 3.77. The van der Waals surface area contributed by atoms with Gasteiger partial charge in [0.05, 0.1) is 13.2 Å². The fraction of sp³-hybridized carbons (Fsp3) is 0.360. The number of amides is 1. The SMILES string of the molecule is CCOc1ccc(CN2CCN(Cc3nc(C(=O)NCc4ccccc4)co3)CC2)cc1. The van der Waals surface area contributed by atoms with Crippen LogP contribution in [0.1, 0.15) is 34.4 Å². The third kappa shape index (κ3) is 6.18. The Labute approximate surface area is 189 Å². The summed E-state index contributed by atoms with van der Waals surface area (Å²) in [5.41, 5.74) is 2.67. The molecule has 32 heavy (non-hydrogen) atoms. The molecule has 1 aliphatic heterocycles. The molecular weight excluding hydrogens is 404 g/mol. The highest BCUT2D eigenvalue weighted by atomic mass is 16.5. The minimum atomic E-state index is -0.218. The Kier molecular flexibility index (Phi) is 7.53. The van der Waals surface area contributed by atoms with Crippen LogP contribution in [0.3, 0.4) is 0 Å². The minimum Gasteiger partial charge on any atom is -0.494 e. The number of aromatic nitrogens is 1. The van der Waals surface area contributed by atoms with E-state index in [1.165, 1.54) is 11.8 Å². The van der Waals surface area contributed by atoms with Crippen molar-refractivity contribution >= 4 is 5.91 Å². The average Bonchev–Trinajstić information content (AvgIpc) is 3.29. The van der Waals surface area contributed by atoms with Crippen molar-refractivity contribution in [3.05, 3.63) is 83.6 Å². The van der Waals surface area contributed by atoms with Crippen molar-refractivity contribution in [3.63, 3.8) is 0 Å². The van der Waals surface area contributed by atoms with Gasteiger partial charge in [0.15, 0.2) is 5.69 Å². The molecule has 2 heterocycles. The molecule has 3 aromatic rings. The number of rotatable bonds is 9. The van der Waals surface area contributed by atoms with Crippen LogP contribution in [0.4, 0.5) is 0 Å². The second kappa shape index (κ2) is 10.9. The molecule has 4 rings (SSSR count). The maximum Gasteiger partial charge on any atom is 0.273 e. The van der Waals surface area contributed by atoms with Crippen LogP contribution in [-0.2, 0) is 19.6 Å². The molecule has 1 N–H and O–H groups in total. The summed E-state index contributed by atoms with van der Waals surface area (Å²) in [5.74, 6) is 1.28.